The van der Waals surface area contributed by atoms with E-state index in [0.717, 1.165) is 12.1 Å². The molecular formula is C11H11F3N4S. The second-order valence-corrected chi connectivity index (χ2v) is 4.84. The number of hydrogen-bond donors (Lipinski definition) is 2. The Kier molecular flexibility index (Phi) is 4.11. The number of rotatable bonds is 4. The molecule has 0 spiro atoms. The Balaban J connectivity index is 2.04. The first-order valence-electron chi connectivity index (χ1n) is 5.37. The summed E-state index contributed by atoms with van der Waals surface area (Å²) in [6, 6.07) is 4.54. The highest BCUT2D eigenvalue weighted by atomic mass is 32.2. The lowest BCUT2D eigenvalue weighted by atomic mass is 10.1. The van der Waals surface area contributed by atoms with Crippen molar-refractivity contribution < 1.29 is 13.2 Å². The van der Waals surface area contributed by atoms with Gasteiger partial charge in [0.1, 0.15) is 6.33 Å². The molecule has 1 heterocycles. The molecule has 1 atom stereocenters. The van der Waals surface area contributed by atoms with Crippen LogP contribution in [0.15, 0.2) is 35.7 Å². The molecule has 19 heavy (non-hydrogen) atoms. The first-order valence-corrected chi connectivity index (χ1v) is 6.36. The normalized spacial score (nSPS) is 13.5. The quantitative estimate of drug-likeness (QED) is 0.849. The Morgan fingerprint density at radius 3 is 2.79 bits per heavy atom. The van der Waals surface area contributed by atoms with Crippen molar-refractivity contribution in [3.8, 4) is 0 Å². The molecule has 4 nitrogen and oxygen atoms in total. The number of halogens is 3. The highest BCUT2D eigenvalue weighted by molar-refractivity contribution is 7.99. The summed E-state index contributed by atoms with van der Waals surface area (Å²) < 4.78 is 37.7. The summed E-state index contributed by atoms with van der Waals surface area (Å²) in [5.74, 6) is 0.413. The number of hydrogen-bond acceptors (Lipinski definition) is 4. The largest absolute Gasteiger partial charge is 0.416 e. The van der Waals surface area contributed by atoms with Gasteiger partial charge in [0, 0.05) is 11.8 Å². The molecule has 0 aliphatic rings. The fourth-order valence-corrected chi connectivity index (χ4v) is 2.24. The zero-order valence-corrected chi connectivity index (χ0v) is 10.5. The Labute approximate surface area is 111 Å². The minimum Gasteiger partial charge on any atom is -0.323 e. The summed E-state index contributed by atoms with van der Waals surface area (Å²) in [6.45, 7) is 0. The van der Waals surface area contributed by atoms with Crippen molar-refractivity contribution in [2.24, 2.45) is 5.73 Å². The van der Waals surface area contributed by atoms with Gasteiger partial charge in [-0.25, -0.2) is 4.98 Å². The lowest BCUT2D eigenvalue weighted by molar-refractivity contribution is -0.137. The van der Waals surface area contributed by atoms with Crippen LogP contribution in [-0.4, -0.2) is 20.9 Å². The van der Waals surface area contributed by atoms with Crippen LogP contribution in [0, 0.1) is 0 Å². The Morgan fingerprint density at radius 1 is 1.37 bits per heavy atom. The molecular weight excluding hydrogens is 277 g/mol. The molecule has 3 N–H and O–H groups in total. The Bertz CT molecular complexity index is 527. The minimum atomic E-state index is -4.35. The van der Waals surface area contributed by atoms with E-state index in [9.17, 15) is 13.2 Å². The number of nitrogens with two attached hydrogens (primary N) is 1. The molecule has 8 heteroatoms. The Hall–Kier alpha value is -1.54. The molecule has 0 amide bonds. The summed E-state index contributed by atoms with van der Waals surface area (Å²) >= 11 is 1.31. The second-order valence-electron chi connectivity index (χ2n) is 3.83. The summed E-state index contributed by atoms with van der Waals surface area (Å²) in [5, 5.41) is 6.90. The molecule has 1 unspecified atom stereocenters. The van der Waals surface area contributed by atoms with Crippen LogP contribution >= 0.6 is 11.8 Å². The molecule has 0 saturated heterocycles. The van der Waals surface area contributed by atoms with Crippen LogP contribution in [0.1, 0.15) is 17.2 Å². The van der Waals surface area contributed by atoms with Gasteiger partial charge in [0.25, 0.3) is 0 Å². The van der Waals surface area contributed by atoms with E-state index >= 15 is 0 Å². The van der Waals surface area contributed by atoms with Crippen molar-refractivity contribution in [2.75, 3.05) is 5.75 Å². The monoisotopic (exact) mass is 288 g/mol. The van der Waals surface area contributed by atoms with E-state index in [1.165, 1.54) is 24.2 Å². The molecule has 0 radical (unpaired) electrons. The van der Waals surface area contributed by atoms with Gasteiger partial charge in [-0.15, -0.1) is 0 Å². The van der Waals surface area contributed by atoms with E-state index in [1.807, 2.05) is 0 Å². The van der Waals surface area contributed by atoms with Crippen molar-refractivity contribution in [2.45, 2.75) is 17.4 Å². The molecule has 0 aliphatic carbocycles. The van der Waals surface area contributed by atoms with Crippen LogP contribution in [0.25, 0.3) is 0 Å². The third kappa shape index (κ3) is 3.71. The van der Waals surface area contributed by atoms with E-state index in [-0.39, 0.29) is 0 Å². The number of thioether (sulfide) groups is 1. The minimum absolute atomic E-state index is 0.413. The number of aromatic amines is 1. The van der Waals surface area contributed by atoms with E-state index < -0.39 is 17.8 Å². The van der Waals surface area contributed by atoms with Crippen molar-refractivity contribution >= 4 is 11.8 Å². The molecule has 0 saturated carbocycles. The van der Waals surface area contributed by atoms with Gasteiger partial charge in [-0.1, -0.05) is 23.9 Å². The summed E-state index contributed by atoms with van der Waals surface area (Å²) in [7, 11) is 0. The molecule has 0 fully saturated rings. The molecule has 1 aromatic carbocycles. The average Bonchev–Trinajstić information content (AvgIpc) is 2.88. The summed E-state index contributed by atoms with van der Waals surface area (Å²) in [4.78, 5) is 3.90. The number of aromatic nitrogens is 3. The van der Waals surface area contributed by atoms with Gasteiger partial charge >= 0.3 is 6.18 Å². The van der Waals surface area contributed by atoms with Crippen LogP contribution < -0.4 is 5.73 Å². The molecule has 2 rings (SSSR count). The lowest BCUT2D eigenvalue weighted by Gasteiger charge is -2.13. The third-order valence-corrected chi connectivity index (χ3v) is 3.43. The number of alkyl halides is 3. The van der Waals surface area contributed by atoms with Crippen LogP contribution in [0.2, 0.25) is 0 Å². The maximum Gasteiger partial charge on any atom is 0.416 e. The summed E-state index contributed by atoms with van der Waals surface area (Å²) in [6.07, 6.45) is -2.99. The predicted molar refractivity (Wildman–Crippen MR) is 65.5 cm³/mol. The third-order valence-electron chi connectivity index (χ3n) is 2.43. The van der Waals surface area contributed by atoms with Crippen LogP contribution in [0.4, 0.5) is 13.2 Å². The first kappa shape index (κ1) is 13.9. The number of nitrogens with one attached hydrogen (secondary N) is 1. The first-order chi connectivity index (χ1) is 8.97. The Morgan fingerprint density at radius 2 is 2.16 bits per heavy atom. The highest BCUT2D eigenvalue weighted by Gasteiger charge is 2.30. The highest BCUT2D eigenvalue weighted by Crippen LogP contribution is 2.31. The molecule has 102 valence electrons. The number of H-pyrrole nitrogens is 1. The van der Waals surface area contributed by atoms with Crippen LogP contribution in [-0.2, 0) is 6.18 Å². The topological polar surface area (TPSA) is 67.6 Å². The van der Waals surface area contributed by atoms with Gasteiger partial charge in [0.15, 0.2) is 5.16 Å². The van der Waals surface area contributed by atoms with Gasteiger partial charge in [0.2, 0.25) is 0 Å². The van der Waals surface area contributed by atoms with Crippen molar-refractivity contribution in [3.63, 3.8) is 0 Å². The second kappa shape index (κ2) is 5.62. The van der Waals surface area contributed by atoms with E-state index in [4.69, 9.17) is 5.73 Å². The van der Waals surface area contributed by atoms with E-state index in [1.54, 1.807) is 6.07 Å². The van der Waals surface area contributed by atoms with Gasteiger partial charge in [-0.3, -0.25) is 5.10 Å². The zero-order chi connectivity index (χ0) is 13.9. The molecule has 1 aromatic heterocycles. The van der Waals surface area contributed by atoms with Gasteiger partial charge in [-0.2, -0.15) is 18.3 Å². The summed E-state index contributed by atoms with van der Waals surface area (Å²) in [5.41, 5.74) is 5.63. The fourth-order valence-electron chi connectivity index (χ4n) is 1.47. The number of benzene rings is 1. The standard InChI is InChI=1S/C11H11F3N4S/c12-11(13,14)8-3-1-2-7(4-8)9(15)5-19-10-16-6-17-18-10/h1-4,6,9H,5,15H2,(H,16,17,18). The molecule has 0 aliphatic heterocycles. The molecule has 2 aromatic rings. The van der Waals surface area contributed by atoms with Crippen molar-refractivity contribution in [1.82, 2.24) is 15.2 Å². The number of nitrogens with zero attached hydrogens (tertiary/aromatic N) is 2. The zero-order valence-electron chi connectivity index (χ0n) is 9.69. The SMILES string of the molecule is NC(CSc1ncn[nH]1)c1cccc(C(F)(F)F)c1. The average molecular weight is 288 g/mol. The lowest BCUT2D eigenvalue weighted by Crippen LogP contribution is -2.14. The van der Waals surface area contributed by atoms with Crippen LogP contribution in [0.5, 0.6) is 0 Å². The smallest absolute Gasteiger partial charge is 0.323 e. The van der Waals surface area contributed by atoms with E-state index in [2.05, 4.69) is 15.2 Å². The van der Waals surface area contributed by atoms with Crippen molar-refractivity contribution in [1.29, 1.82) is 0 Å². The van der Waals surface area contributed by atoms with Gasteiger partial charge in [-0.05, 0) is 17.7 Å². The van der Waals surface area contributed by atoms with Crippen molar-refractivity contribution in [3.05, 3.63) is 41.7 Å². The fraction of sp³-hybridized carbons (Fsp3) is 0.273. The van der Waals surface area contributed by atoms with Crippen LogP contribution in [0.3, 0.4) is 0 Å². The molecule has 0 bridgehead atoms. The van der Waals surface area contributed by atoms with Gasteiger partial charge in [0.05, 0.1) is 5.56 Å². The van der Waals surface area contributed by atoms with E-state index in [0.29, 0.717) is 16.5 Å². The van der Waals surface area contributed by atoms with Gasteiger partial charge < -0.3 is 5.73 Å². The maximum atomic E-state index is 12.6. The predicted octanol–water partition coefficient (Wildman–Crippen LogP) is 2.62. The maximum absolute atomic E-state index is 12.6.